The third-order valence-corrected chi connectivity index (χ3v) is 4.45. The van der Waals surface area contributed by atoms with Crippen LogP contribution in [0.4, 0.5) is 28.8 Å². The third-order valence-electron chi connectivity index (χ3n) is 3.87. The van der Waals surface area contributed by atoms with Gasteiger partial charge in [-0.05, 0) is 38.8 Å². The normalized spacial score (nSPS) is 13.1. The third kappa shape index (κ3) is 2.63. The molecule has 11 nitrogen and oxygen atoms in total. The van der Waals surface area contributed by atoms with Gasteiger partial charge in [-0.2, -0.15) is 0 Å². The van der Waals surface area contributed by atoms with Gasteiger partial charge in [0.25, 0.3) is 17.4 Å². The van der Waals surface area contributed by atoms with Gasteiger partial charge in [0.05, 0.1) is 10.5 Å². The van der Waals surface area contributed by atoms with Crippen LogP contribution in [-0.2, 0) is 0 Å². The largest absolute Gasteiger partial charge is 0.380 e. The second-order valence-electron chi connectivity index (χ2n) is 5.32. The predicted octanol–water partition coefficient (Wildman–Crippen LogP) is 2.80. The fourth-order valence-electron chi connectivity index (χ4n) is 2.66. The number of fused-ring (bicyclic) bond motifs is 2. The van der Waals surface area contributed by atoms with Crippen LogP contribution in [0.2, 0.25) is 0 Å². The molecule has 0 aromatic carbocycles. The van der Waals surface area contributed by atoms with Crippen LogP contribution < -0.4 is 9.80 Å². The van der Waals surface area contributed by atoms with Gasteiger partial charge in [0.1, 0.15) is 22.2 Å². The number of pyridine rings is 2. The first-order chi connectivity index (χ1) is 12.3. The number of rotatable bonds is 3. The maximum atomic E-state index is 12.8. The zero-order chi connectivity index (χ0) is 19.2. The van der Waals surface area contributed by atoms with Crippen LogP contribution in [-0.4, -0.2) is 39.3 Å². The summed E-state index contributed by atoms with van der Waals surface area (Å²) < 4.78 is 0.144. The van der Waals surface area contributed by atoms with Crippen LogP contribution in [0.25, 0.3) is 0 Å². The maximum Gasteiger partial charge on any atom is 0.380 e. The quantitative estimate of drug-likeness (QED) is 0.543. The minimum absolute atomic E-state index is 0.0142. The number of nitro groups is 2. The Hall–Kier alpha value is -3.15. The summed E-state index contributed by atoms with van der Waals surface area (Å²) in [6.45, 7) is 2.15. The van der Waals surface area contributed by atoms with Crippen molar-refractivity contribution in [2.45, 2.75) is 6.92 Å². The number of aromatic nitrogens is 2. The maximum absolute atomic E-state index is 12.8. The van der Waals surface area contributed by atoms with Gasteiger partial charge in [-0.1, -0.05) is 0 Å². The van der Waals surface area contributed by atoms with Crippen molar-refractivity contribution in [3.8, 4) is 0 Å². The number of carbonyl (C=O) groups is 1. The van der Waals surface area contributed by atoms with Gasteiger partial charge in [-0.3, -0.25) is 19.8 Å². The van der Waals surface area contributed by atoms with E-state index in [2.05, 4.69) is 25.9 Å². The van der Waals surface area contributed by atoms with Crippen molar-refractivity contribution >= 4 is 50.7 Å². The summed E-state index contributed by atoms with van der Waals surface area (Å²) in [4.78, 5) is 44.5. The van der Waals surface area contributed by atoms with Crippen molar-refractivity contribution in [3.63, 3.8) is 0 Å². The first-order valence-corrected chi connectivity index (χ1v) is 8.10. The van der Waals surface area contributed by atoms with Crippen LogP contribution in [0.1, 0.15) is 17.3 Å². The molecule has 0 radical (unpaired) electrons. The molecule has 1 aliphatic rings. The van der Waals surface area contributed by atoms with E-state index in [1.807, 2.05) is 0 Å². The average molecular weight is 423 g/mol. The van der Waals surface area contributed by atoms with E-state index in [1.165, 1.54) is 13.1 Å². The van der Waals surface area contributed by atoms with Crippen LogP contribution in [0.15, 0.2) is 22.8 Å². The number of halogens is 1. The SMILES string of the molecule is CCN1c2cc(Br)c([N+](=O)[O-])nc2N(C)C(=O)c2cc([N+](=O)[O-])cnc21. The molecule has 0 bridgehead atoms. The molecule has 3 heterocycles. The number of nitrogens with zero attached hydrogens (tertiary/aromatic N) is 6. The first kappa shape index (κ1) is 17.7. The predicted molar refractivity (Wildman–Crippen MR) is 94.9 cm³/mol. The van der Waals surface area contributed by atoms with Crippen LogP contribution in [0, 0.1) is 20.2 Å². The fraction of sp³-hybridized carbons (Fsp3) is 0.214. The van der Waals surface area contributed by atoms with Crippen molar-refractivity contribution in [1.82, 2.24) is 9.97 Å². The Morgan fingerprint density at radius 1 is 1.19 bits per heavy atom. The molecule has 1 aliphatic heterocycles. The fourth-order valence-corrected chi connectivity index (χ4v) is 3.11. The van der Waals surface area contributed by atoms with E-state index < -0.39 is 21.6 Å². The van der Waals surface area contributed by atoms with Gasteiger partial charge in [0.2, 0.25) is 0 Å². The zero-order valence-corrected chi connectivity index (χ0v) is 15.1. The van der Waals surface area contributed by atoms with E-state index in [-0.39, 0.29) is 27.4 Å². The molecule has 134 valence electrons. The van der Waals surface area contributed by atoms with Gasteiger partial charge in [-0.25, -0.2) is 4.98 Å². The lowest BCUT2D eigenvalue weighted by atomic mass is 10.2. The smallest absolute Gasteiger partial charge is 0.358 e. The van der Waals surface area contributed by atoms with Gasteiger partial charge in [0, 0.05) is 19.7 Å². The Kier molecular flexibility index (Phi) is 4.28. The lowest BCUT2D eigenvalue weighted by Gasteiger charge is -2.21. The molecular weight excluding hydrogens is 412 g/mol. The van der Waals surface area contributed by atoms with E-state index in [0.717, 1.165) is 17.2 Å². The Labute approximate surface area is 154 Å². The van der Waals surface area contributed by atoms with Crippen molar-refractivity contribution in [1.29, 1.82) is 0 Å². The van der Waals surface area contributed by atoms with Crippen LogP contribution >= 0.6 is 15.9 Å². The molecule has 3 rings (SSSR count). The first-order valence-electron chi connectivity index (χ1n) is 7.31. The molecule has 0 fully saturated rings. The van der Waals surface area contributed by atoms with E-state index in [1.54, 1.807) is 11.8 Å². The van der Waals surface area contributed by atoms with E-state index in [4.69, 9.17) is 0 Å². The van der Waals surface area contributed by atoms with E-state index in [0.29, 0.717) is 12.2 Å². The number of hydrogen-bond acceptors (Lipinski definition) is 8. The molecule has 12 heteroatoms. The zero-order valence-electron chi connectivity index (χ0n) is 13.5. The second kappa shape index (κ2) is 6.29. The molecular formula is C14H11BrN6O5. The average Bonchev–Trinajstić information content (AvgIpc) is 2.68. The summed E-state index contributed by atoms with van der Waals surface area (Å²) in [5.74, 6) is -0.759. The Morgan fingerprint density at radius 2 is 1.88 bits per heavy atom. The lowest BCUT2D eigenvalue weighted by Crippen LogP contribution is -2.26. The van der Waals surface area contributed by atoms with E-state index >= 15 is 0 Å². The summed E-state index contributed by atoms with van der Waals surface area (Å²) in [6, 6.07) is 2.62. The highest BCUT2D eigenvalue weighted by Gasteiger charge is 2.36. The van der Waals surface area contributed by atoms with E-state index in [9.17, 15) is 25.0 Å². The summed E-state index contributed by atoms with van der Waals surface area (Å²) in [7, 11) is 1.40. The molecule has 0 unspecified atom stereocenters. The van der Waals surface area contributed by atoms with Crippen molar-refractivity contribution in [3.05, 3.63) is 48.6 Å². The number of anilines is 3. The minimum Gasteiger partial charge on any atom is -0.358 e. The Morgan fingerprint density at radius 3 is 2.46 bits per heavy atom. The molecule has 26 heavy (non-hydrogen) atoms. The Balaban J connectivity index is 2.31. The topological polar surface area (TPSA) is 136 Å². The number of amides is 1. The molecule has 0 aliphatic carbocycles. The second-order valence-corrected chi connectivity index (χ2v) is 6.18. The molecule has 0 saturated carbocycles. The highest BCUT2D eigenvalue weighted by atomic mass is 79.9. The highest BCUT2D eigenvalue weighted by molar-refractivity contribution is 9.10. The summed E-state index contributed by atoms with van der Waals surface area (Å²) in [5.41, 5.74) is 0.105. The van der Waals surface area contributed by atoms with Gasteiger partial charge < -0.3 is 15.0 Å². The Bertz CT molecular complexity index is 965. The monoisotopic (exact) mass is 422 g/mol. The molecule has 0 spiro atoms. The lowest BCUT2D eigenvalue weighted by molar-refractivity contribution is -0.390. The molecule has 1 amide bonds. The summed E-state index contributed by atoms with van der Waals surface area (Å²) in [6.07, 6.45) is 1.06. The van der Waals surface area contributed by atoms with Gasteiger partial charge in [-0.15, -0.1) is 0 Å². The molecule has 2 aromatic heterocycles. The molecule has 0 N–H and O–H groups in total. The standard InChI is InChI=1S/C14H11BrN6O5/c1-3-19-10-5-9(15)12(21(25)26)17-13(10)18(2)14(22)8-4-7(20(23)24)6-16-11(8)19/h4-6H,3H2,1-2H3. The summed E-state index contributed by atoms with van der Waals surface area (Å²) >= 11 is 3.12. The highest BCUT2D eigenvalue weighted by Crippen LogP contribution is 2.42. The summed E-state index contributed by atoms with van der Waals surface area (Å²) in [5, 5.41) is 22.2. The molecule has 0 saturated heterocycles. The van der Waals surface area contributed by atoms with Crippen LogP contribution in [0.5, 0.6) is 0 Å². The van der Waals surface area contributed by atoms with Crippen molar-refractivity contribution < 1.29 is 14.6 Å². The van der Waals surface area contributed by atoms with Crippen molar-refractivity contribution in [2.24, 2.45) is 0 Å². The number of hydrogen-bond donors (Lipinski definition) is 0. The molecule has 0 atom stereocenters. The van der Waals surface area contributed by atoms with Gasteiger partial charge >= 0.3 is 5.82 Å². The van der Waals surface area contributed by atoms with Gasteiger partial charge in [0.15, 0.2) is 0 Å². The van der Waals surface area contributed by atoms with Crippen LogP contribution in [0.3, 0.4) is 0 Å². The molecule has 2 aromatic rings. The minimum atomic E-state index is -0.667. The number of carbonyl (C=O) groups excluding carboxylic acids is 1. The van der Waals surface area contributed by atoms with Crippen molar-refractivity contribution in [2.75, 3.05) is 23.4 Å².